The molecule has 0 aromatic rings. The second-order valence-electron chi connectivity index (χ2n) is 5.67. The highest BCUT2D eigenvalue weighted by Gasteiger charge is 2.80. The number of hydrogen-bond acceptors (Lipinski definition) is 3. The molecule has 2 N–H and O–H groups in total. The minimum atomic E-state index is -7.50. The van der Waals surface area contributed by atoms with E-state index in [0.29, 0.717) is 0 Å². The first-order valence-electron chi connectivity index (χ1n) is 7.38. The fourth-order valence-corrected chi connectivity index (χ4v) is 2.10. The second-order valence-corrected chi connectivity index (χ2v) is 7.11. The van der Waals surface area contributed by atoms with E-state index in [9.17, 15) is 69.9 Å². The summed E-state index contributed by atoms with van der Waals surface area (Å²) in [5, 5.41) is 2.75. The maximum atomic E-state index is 13.3. The minimum absolute atomic E-state index is 1.88. The number of halogens is 14. The van der Waals surface area contributed by atoms with Gasteiger partial charge in [-0.2, -0.15) is 34.8 Å². The van der Waals surface area contributed by atoms with Crippen molar-refractivity contribution in [3.8, 4) is 0 Å². The van der Waals surface area contributed by atoms with Gasteiger partial charge in [0.25, 0.3) is 11.9 Å². The molecule has 0 spiro atoms. The van der Waals surface area contributed by atoms with Crippen molar-refractivity contribution >= 4 is 10.1 Å². The standard InChI is InChI=1S/C10H8F14O3S.C2H7N/c11-1(2(12)4(14)6(16)17)3(13)5(15)8(19,20)10(23,24)9(21,22)7(18)28(25,26)27;1-3-2/h1-7H,(H,25,26,27);3H,1-2H3. The van der Waals surface area contributed by atoms with Crippen molar-refractivity contribution in [3.05, 3.63) is 0 Å². The van der Waals surface area contributed by atoms with E-state index in [0.717, 1.165) is 0 Å². The van der Waals surface area contributed by atoms with E-state index >= 15 is 0 Å². The van der Waals surface area contributed by atoms with Gasteiger partial charge in [0.1, 0.15) is 0 Å². The van der Waals surface area contributed by atoms with Crippen molar-refractivity contribution < 1.29 is 74.4 Å². The summed E-state index contributed by atoms with van der Waals surface area (Å²) in [5.74, 6) is -21.9. The van der Waals surface area contributed by atoms with Gasteiger partial charge in [0.15, 0.2) is 24.7 Å². The van der Waals surface area contributed by atoms with E-state index < -0.39 is 70.7 Å². The van der Waals surface area contributed by atoms with Crippen molar-refractivity contribution in [2.45, 2.75) is 60.6 Å². The van der Waals surface area contributed by atoms with Crippen LogP contribution >= 0.6 is 0 Å². The van der Waals surface area contributed by atoms with Gasteiger partial charge in [0.05, 0.1) is 0 Å². The number of hydrogen-bond donors (Lipinski definition) is 2. The third-order valence-electron chi connectivity index (χ3n) is 3.16. The average Bonchev–Trinajstić information content (AvgIpc) is 2.63. The Morgan fingerprint density at radius 2 is 1.00 bits per heavy atom. The molecular formula is C12H15F14NO3S. The molecule has 0 aliphatic rings. The Hall–Kier alpha value is -1.11. The predicted molar refractivity (Wildman–Crippen MR) is 76.8 cm³/mol. The zero-order chi connectivity index (χ0) is 25.7. The summed E-state index contributed by atoms with van der Waals surface area (Å²) in [7, 11) is -3.06. The normalized spacial score (nSPS) is 19.7. The maximum absolute atomic E-state index is 13.3. The molecule has 0 saturated heterocycles. The Morgan fingerprint density at radius 3 is 1.29 bits per heavy atom. The SMILES string of the molecule is CNC.O=S(=O)(O)C(F)C(F)(F)C(F)(F)C(F)(F)C(F)C(F)C(F)C(F)C(F)C(F)F. The summed E-state index contributed by atoms with van der Waals surface area (Å²) in [6, 6.07) is 0. The molecule has 0 rings (SSSR count). The molecule has 0 aliphatic carbocycles. The molecule has 0 bridgehead atoms. The summed E-state index contributed by atoms with van der Waals surface area (Å²) in [5.41, 5.74) is -5.50. The molecule has 0 amide bonds. The van der Waals surface area contributed by atoms with Gasteiger partial charge in [0.2, 0.25) is 6.17 Å². The summed E-state index contributed by atoms with van der Waals surface area (Å²) in [6.45, 7) is 0. The summed E-state index contributed by atoms with van der Waals surface area (Å²) >= 11 is 0. The van der Waals surface area contributed by atoms with Crippen LogP contribution in [-0.4, -0.2) is 87.6 Å². The van der Waals surface area contributed by atoms with Gasteiger partial charge < -0.3 is 5.32 Å². The lowest BCUT2D eigenvalue weighted by molar-refractivity contribution is -0.337. The topological polar surface area (TPSA) is 66.4 Å². The molecule has 19 heteroatoms. The molecule has 0 heterocycles. The van der Waals surface area contributed by atoms with Crippen molar-refractivity contribution in [3.63, 3.8) is 0 Å². The van der Waals surface area contributed by atoms with Crippen molar-refractivity contribution in [1.29, 1.82) is 0 Å². The molecule has 31 heavy (non-hydrogen) atoms. The molecule has 0 aromatic carbocycles. The molecule has 6 unspecified atom stereocenters. The average molecular weight is 519 g/mol. The van der Waals surface area contributed by atoms with Gasteiger partial charge >= 0.3 is 27.9 Å². The molecule has 6 atom stereocenters. The van der Waals surface area contributed by atoms with Crippen LogP contribution in [0.15, 0.2) is 0 Å². The first-order valence-corrected chi connectivity index (χ1v) is 8.88. The maximum Gasteiger partial charge on any atom is 0.379 e. The Bertz CT molecular complexity index is 648. The van der Waals surface area contributed by atoms with Crippen LogP contribution in [0.3, 0.4) is 0 Å². The predicted octanol–water partition coefficient (Wildman–Crippen LogP) is 3.87. The van der Waals surface area contributed by atoms with Crippen molar-refractivity contribution in [2.75, 3.05) is 14.1 Å². The quantitative estimate of drug-likeness (QED) is 0.340. The van der Waals surface area contributed by atoms with Crippen LogP contribution in [0.4, 0.5) is 61.5 Å². The van der Waals surface area contributed by atoms with E-state index in [1.807, 2.05) is 14.1 Å². The second kappa shape index (κ2) is 11.2. The number of nitrogens with one attached hydrogen (secondary N) is 1. The molecule has 4 nitrogen and oxygen atoms in total. The van der Waals surface area contributed by atoms with E-state index in [-0.39, 0.29) is 0 Å². The third kappa shape index (κ3) is 6.93. The molecule has 190 valence electrons. The zero-order valence-corrected chi connectivity index (χ0v) is 15.8. The smallest absolute Gasteiger partial charge is 0.323 e. The summed E-state index contributed by atoms with van der Waals surface area (Å²) in [4.78, 5) is 0. The number of rotatable bonds is 10. The van der Waals surface area contributed by atoms with Gasteiger partial charge in [-0.15, -0.1) is 0 Å². The first-order chi connectivity index (χ1) is 13.6. The highest BCUT2D eigenvalue weighted by Crippen LogP contribution is 2.52. The van der Waals surface area contributed by atoms with E-state index in [1.165, 1.54) is 0 Å². The fraction of sp³-hybridized carbons (Fsp3) is 1.00. The first kappa shape index (κ1) is 32.1. The Balaban J connectivity index is 0. The van der Waals surface area contributed by atoms with Crippen LogP contribution in [0.1, 0.15) is 0 Å². The monoisotopic (exact) mass is 519 g/mol. The third-order valence-corrected chi connectivity index (χ3v) is 3.98. The van der Waals surface area contributed by atoms with Crippen LogP contribution in [0.5, 0.6) is 0 Å². The van der Waals surface area contributed by atoms with Gasteiger partial charge in [-0.1, -0.05) is 0 Å². The molecule has 0 radical (unpaired) electrons. The minimum Gasteiger partial charge on any atom is -0.323 e. The molecule has 0 aliphatic heterocycles. The summed E-state index contributed by atoms with van der Waals surface area (Å²) in [6.07, 6.45) is -28.2. The van der Waals surface area contributed by atoms with E-state index in [2.05, 4.69) is 5.32 Å². The molecular weight excluding hydrogens is 504 g/mol. The Kier molecular flexibility index (Phi) is 11.5. The Morgan fingerprint density at radius 1 is 0.677 bits per heavy atom. The zero-order valence-electron chi connectivity index (χ0n) is 15.0. The number of alkyl halides is 14. The molecule has 0 saturated carbocycles. The highest BCUT2D eigenvalue weighted by atomic mass is 32.2. The van der Waals surface area contributed by atoms with Gasteiger partial charge in [-0.3, -0.25) is 4.55 Å². The summed E-state index contributed by atoms with van der Waals surface area (Å²) < 4.78 is 208. The largest absolute Gasteiger partial charge is 0.379 e. The Labute approximate surface area is 165 Å². The molecule has 0 fully saturated rings. The van der Waals surface area contributed by atoms with Crippen LogP contribution in [-0.2, 0) is 10.1 Å². The van der Waals surface area contributed by atoms with Crippen molar-refractivity contribution in [2.24, 2.45) is 0 Å². The van der Waals surface area contributed by atoms with Crippen LogP contribution in [0.2, 0.25) is 0 Å². The lowest BCUT2D eigenvalue weighted by Gasteiger charge is -2.36. The van der Waals surface area contributed by atoms with Crippen LogP contribution in [0, 0.1) is 0 Å². The van der Waals surface area contributed by atoms with Crippen LogP contribution < -0.4 is 5.32 Å². The van der Waals surface area contributed by atoms with E-state index in [1.54, 1.807) is 0 Å². The van der Waals surface area contributed by atoms with Crippen molar-refractivity contribution in [1.82, 2.24) is 5.32 Å². The highest BCUT2D eigenvalue weighted by molar-refractivity contribution is 7.86. The van der Waals surface area contributed by atoms with Gasteiger partial charge in [-0.25, -0.2) is 35.1 Å². The van der Waals surface area contributed by atoms with Gasteiger partial charge in [0, 0.05) is 0 Å². The van der Waals surface area contributed by atoms with E-state index in [4.69, 9.17) is 4.55 Å². The fourth-order valence-electron chi connectivity index (χ4n) is 1.58. The molecule has 0 aromatic heterocycles. The van der Waals surface area contributed by atoms with Gasteiger partial charge in [-0.05, 0) is 14.1 Å². The van der Waals surface area contributed by atoms with Crippen LogP contribution in [0.25, 0.3) is 0 Å². The lowest BCUT2D eigenvalue weighted by atomic mass is 9.94. The lowest BCUT2D eigenvalue weighted by Crippen LogP contribution is -2.65.